The number of ether oxygens (including phenoxy) is 1. The lowest BCUT2D eigenvalue weighted by Gasteiger charge is -2.07. The maximum Gasteiger partial charge on any atom is 0.310 e. The van der Waals surface area contributed by atoms with Gasteiger partial charge in [-0.1, -0.05) is 18.2 Å². The Bertz CT molecular complexity index is 670. The molecule has 0 bridgehead atoms. The molecule has 0 spiro atoms. The topological polar surface area (TPSA) is 75.6 Å². The summed E-state index contributed by atoms with van der Waals surface area (Å²) in [5.41, 5.74) is 1.37. The summed E-state index contributed by atoms with van der Waals surface area (Å²) in [6.45, 7) is -0.331. The number of phenols is 1. The number of carbonyl (C=O) groups excluding carboxylic acids is 2. The molecule has 0 aromatic heterocycles. The minimum atomic E-state index is -0.497. The van der Waals surface area contributed by atoms with Gasteiger partial charge >= 0.3 is 5.97 Å². The molecule has 0 saturated carbocycles. The molecule has 0 unspecified atom stereocenters. The summed E-state index contributed by atoms with van der Waals surface area (Å²) in [4.78, 5) is 23.3. The van der Waals surface area contributed by atoms with Gasteiger partial charge in [0.1, 0.15) is 5.75 Å². The normalized spacial score (nSPS) is 10.0. The van der Waals surface area contributed by atoms with Crippen molar-refractivity contribution in [2.75, 3.05) is 11.9 Å². The molecule has 2 aromatic carbocycles. The summed E-state index contributed by atoms with van der Waals surface area (Å²) in [5, 5.41) is 11.8. The number of esters is 1. The van der Waals surface area contributed by atoms with Crippen LogP contribution in [0.1, 0.15) is 5.56 Å². The van der Waals surface area contributed by atoms with Crippen molar-refractivity contribution < 1.29 is 19.4 Å². The monoisotopic (exact) mass is 411 g/mol. The van der Waals surface area contributed by atoms with Gasteiger partial charge in [0.15, 0.2) is 6.61 Å². The highest BCUT2D eigenvalue weighted by atomic mass is 127. The van der Waals surface area contributed by atoms with Gasteiger partial charge in [0, 0.05) is 9.26 Å². The summed E-state index contributed by atoms with van der Waals surface area (Å²) >= 11 is 2.14. The van der Waals surface area contributed by atoms with Crippen molar-refractivity contribution in [1.82, 2.24) is 0 Å². The number of halogens is 1. The number of rotatable bonds is 5. The number of benzene rings is 2. The first kappa shape index (κ1) is 16.3. The number of hydrogen-bond acceptors (Lipinski definition) is 4. The third-order valence-electron chi connectivity index (χ3n) is 2.76. The number of aromatic hydroxyl groups is 1. The molecule has 2 aromatic rings. The van der Waals surface area contributed by atoms with Gasteiger partial charge in [0.25, 0.3) is 5.91 Å². The van der Waals surface area contributed by atoms with Gasteiger partial charge in [-0.2, -0.15) is 0 Å². The standard InChI is InChI=1S/C16H14INO4/c17-12-2-1-3-13(9-12)18-15(20)10-22-16(21)8-11-4-6-14(19)7-5-11/h1-7,9,19H,8,10H2,(H,18,20). The Labute approximate surface area is 141 Å². The zero-order chi connectivity index (χ0) is 15.9. The summed E-state index contributed by atoms with van der Waals surface area (Å²) < 4.78 is 5.92. The van der Waals surface area contributed by atoms with E-state index in [4.69, 9.17) is 9.84 Å². The maximum absolute atomic E-state index is 11.7. The predicted molar refractivity (Wildman–Crippen MR) is 90.6 cm³/mol. The van der Waals surface area contributed by atoms with Crippen LogP contribution in [0.3, 0.4) is 0 Å². The van der Waals surface area contributed by atoms with Crippen LogP contribution in [-0.4, -0.2) is 23.6 Å². The van der Waals surface area contributed by atoms with E-state index in [1.807, 2.05) is 18.2 Å². The van der Waals surface area contributed by atoms with Crippen LogP contribution in [0.2, 0.25) is 0 Å². The van der Waals surface area contributed by atoms with Crippen LogP contribution in [0.5, 0.6) is 5.75 Å². The highest BCUT2D eigenvalue weighted by Gasteiger charge is 2.09. The molecule has 0 aliphatic heterocycles. The highest BCUT2D eigenvalue weighted by Crippen LogP contribution is 2.12. The van der Waals surface area contributed by atoms with E-state index in [2.05, 4.69) is 27.9 Å². The van der Waals surface area contributed by atoms with Crippen molar-refractivity contribution in [3.63, 3.8) is 0 Å². The summed E-state index contributed by atoms with van der Waals surface area (Å²) in [5.74, 6) is -0.751. The second-order valence-corrected chi connectivity index (χ2v) is 5.81. The number of anilines is 1. The van der Waals surface area contributed by atoms with Gasteiger partial charge in [-0.15, -0.1) is 0 Å². The summed E-state index contributed by atoms with van der Waals surface area (Å²) in [6, 6.07) is 13.6. The molecule has 114 valence electrons. The van der Waals surface area contributed by atoms with Gasteiger partial charge in [0.05, 0.1) is 6.42 Å². The zero-order valence-corrected chi connectivity index (χ0v) is 13.7. The van der Waals surface area contributed by atoms with Gasteiger partial charge in [-0.25, -0.2) is 0 Å². The third-order valence-corrected chi connectivity index (χ3v) is 3.43. The number of phenolic OH excluding ortho intramolecular Hbond substituents is 1. The van der Waals surface area contributed by atoms with Crippen molar-refractivity contribution in [1.29, 1.82) is 0 Å². The van der Waals surface area contributed by atoms with E-state index in [1.165, 1.54) is 12.1 Å². The van der Waals surface area contributed by atoms with Crippen LogP contribution >= 0.6 is 22.6 Å². The molecule has 0 atom stereocenters. The van der Waals surface area contributed by atoms with Crippen LogP contribution in [0, 0.1) is 3.57 Å². The SMILES string of the molecule is O=C(COC(=O)Cc1ccc(O)cc1)Nc1cccc(I)c1. The average Bonchev–Trinajstić information content (AvgIpc) is 2.48. The minimum Gasteiger partial charge on any atom is -0.508 e. The van der Waals surface area contributed by atoms with Gasteiger partial charge in [-0.3, -0.25) is 9.59 Å². The molecule has 0 aliphatic rings. The van der Waals surface area contributed by atoms with Crippen LogP contribution < -0.4 is 5.32 Å². The predicted octanol–water partition coefficient (Wildman–Crippen LogP) is 2.72. The zero-order valence-electron chi connectivity index (χ0n) is 11.6. The second kappa shape index (κ2) is 7.79. The number of amides is 1. The van der Waals surface area contributed by atoms with E-state index in [9.17, 15) is 9.59 Å². The van der Waals surface area contributed by atoms with Crippen LogP contribution in [0.15, 0.2) is 48.5 Å². The Hall–Kier alpha value is -2.09. The Kier molecular flexibility index (Phi) is 5.76. The van der Waals surface area contributed by atoms with Gasteiger partial charge in [0.2, 0.25) is 0 Å². The molecule has 0 saturated heterocycles. The molecule has 0 fully saturated rings. The van der Waals surface area contributed by atoms with Gasteiger partial charge < -0.3 is 15.2 Å². The fourth-order valence-corrected chi connectivity index (χ4v) is 2.28. The second-order valence-electron chi connectivity index (χ2n) is 4.56. The molecular weight excluding hydrogens is 397 g/mol. The maximum atomic E-state index is 11.7. The number of hydrogen-bond donors (Lipinski definition) is 2. The Morgan fingerprint density at radius 1 is 1.14 bits per heavy atom. The Morgan fingerprint density at radius 3 is 2.55 bits per heavy atom. The van der Waals surface area contributed by atoms with Crippen molar-refractivity contribution in [2.24, 2.45) is 0 Å². The molecule has 1 amide bonds. The van der Waals surface area contributed by atoms with E-state index in [-0.39, 0.29) is 24.7 Å². The lowest BCUT2D eigenvalue weighted by atomic mass is 10.1. The first-order chi connectivity index (χ1) is 10.5. The van der Waals surface area contributed by atoms with Crippen molar-refractivity contribution in [2.45, 2.75) is 6.42 Å². The smallest absolute Gasteiger partial charge is 0.310 e. The molecule has 5 nitrogen and oxygen atoms in total. The Balaban J connectivity index is 1.78. The molecule has 2 N–H and O–H groups in total. The third kappa shape index (κ3) is 5.36. The fourth-order valence-electron chi connectivity index (χ4n) is 1.74. The van der Waals surface area contributed by atoms with Crippen LogP contribution in [-0.2, 0) is 20.7 Å². The molecule has 6 heteroatoms. The Morgan fingerprint density at radius 2 is 1.86 bits per heavy atom. The van der Waals surface area contributed by atoms with E-state index in [0.29, 0.717) is 11.3 Å². The molecule has 0 aliphatic carbocycles. The van der Waals surface area contributed by atoms with Crippen LogP contribution in [0.4, 0.5) is 5.69 Å². The average molecular weight is 411 g/mol. The highest BCUT2D eigenvalue weighted by molar-refractivity contribution is 14.1. The van der Waals surface area contributed by atoms with E-state index in [1.54, 1.807) is 18.2 Å². The molecule has 0 heterocycles. The van der Waals surface area contributed by atoms with E-state index in [0.717, 1.165) is 3.57 Å². The number of carbonyl (C=O) groups is 2. The first-order valence-corrected chi connectivity index (χ1v) is 7.60. The van der Waals surface area contributed by atoms with Crippen molar-refractivity contribution in [3.05, 3.63) is 57.7 Å². The fraction of sp³-hybridized carbons (Fsp3) is 0.125. The largest absolute Gasteiger partial charge is 0.508 e. The molecule has 22 heavy (non-hydrogen) atoms. The molecule has 0 radical (unpaired) electrons. The minimum absolute atomic E-state index is 0.0524. The van der Waals surface area contributed by atoms with Crippen LogP contribution in [0.25, 0.3) is 0 Å². The summed E-state index contributed by atoms with van der Waals surface area (Å²) in [6.07, 6.45) is 0.0524. The summed E-state index contributed by atoms with van der Waals surface area (Å²) in [7, 11) is 0. The quantitative estimate of drug-likeness (QED) is 0.586. The molecular formula is C16H14INO4. The van der Waals surface area contributed by atoms with Crippen molar-refractivity contribution >= 4 is 40.2 Å². The lowest BCUT2D eigenvalue weighted by molar-refractivity contribution is -0.146. The first-order valence-electron chi connectivity index (χ1n) is 6.52. The van der Waals surface area contributed by atoms with Gasteiger partial charge in [-0.05, 0) is 58.5 Å². The van der Waals surface area contributed by atoms with E-state index < -0.39 is 5.97 Å². The van der Waals surface area contributed by atoms with Crippen molar-refractivity contribution in [3.8, 4) is 5.75 Å². The van der Waals surface area contributed by atoms with E-state index >= 15 is 0 Å². The number of nitrogens with one attached hydrogen (secondary N) is 1. The lowest BCUT2D eigenvalue weighted by Crippen LogP contribution is -2.21. The molecule has 2 rings (SSSR count).